The van der Waals surface area contributed by atoms with Crippen molar-refractivity contribution in [2.75, 3.05) is 0 Å². The Morgan fingerprint density at radius 2 is 1.40 bits per heavy atom. The van der Waals surface area contributed by atoms with Crippen LogP contribution in [-0.4, -0.2) is 6.68 Å². The van der Waals surface area contributed by atoms with Crippen molar-refractivity contribution in [3.63, 3.8) is 0 Å². The molecular formula is C11H9F3S. The Balaban J connectivity index is 0.000000245. The van der Waals surface area contributed by atoms with Gasteiger partial charge >= 0.3 is 6.68 Å². The van der Waals surface area contributed by atoms with Crippen LogP contribution in [0.4, 0.5) is 13.2 Å². The number of thiol groups is 1. The van der Waals surface area contributed by atoms with Crippen molar-refractivity contribution in [1.82, 2.24) is 0 Å². The predicted octanol–water partition coefficient (Wildman–Crippen LogP) is 4.31. The van der Waals surface area contributed by atoms with E-state index in [2.05, 4.69) is 30.8 Å². The molecule has 0 atom stereocenters. The molecule has 0 aliphatic carbocycles. The maximum absolute atomic E-state index is 9.67. The Bertz CT molecular complexity index is 421. The minimum atomic E-state index is -3.67. The quantitative estimate of drug-likeness (QED) is 0.641. The van der Waals surface area contributed by atoms with E-state index >= 15 is 0 Å². The number of rotatable bonds is 0. The number of halogens is 3. The molecular weight excluding hydrogens is 221 g/mol. The van der Waals surface area contributed by atoms with Crippen molar-refractivity contribution in [3.05, 3.63) is 42.5 Å². The van der Waals surface area contributed by atoms with Gasteiger partial charge in [0.05, 0.1) is 0 Å². The number of benzene rings is 2. The van der Waals surface area contributed by atoms with Gasteiger partial charge < -0.3 is 0 Å². The molecule has 0 aliphatic rings. The van der Waals surface area contributed by atoms with Crippen LogP contribution in [0.2, 0.25) is 0 Å². The topological polar surface area (TPSA) is 0 Å². The molecule has 0 spiro atoms. The molecule has 0 nitrogen and oxygen atoms in total. The first-order valence-electron chi connectivity index (χ1n) is 4.20. The fraction of sp³-hybridized carbons (Fsp3) is 0.0909. The summed E-state index contributed by atoms with van der Waals surface area (Å²) in [6.45, 7) is -3.67. The van der Waals surface area contributed by atoms with E-state index in [4.69, 9.17) is 0 Å². The standard InChI is InChI=1S/C10H8S.CHF3/c11-10-7-3-5-8-4-1-2-6-9(8)10;2-1(3)4/h1-7,11H;1H. The molecule has 15 heavy (non-hydrogen) atoms. The first-order chi connectivity index (χ1) is 7.11. The van der Waals surface area contributed by atoms with E-state index in [9.17, 15) is 13.2 Å². The highest BCUT2D eigenvalue weighted by molar-refractivity contribution is 7.80. The lowest BCUT2D eigenvalue weighted by molar-refractivity contribution is 0.00819. The molecule has 0 bridgehead atoms. The molecule has 4 heteroatoms. The molecule has 2 aromatic rings. The van der Waals surface area contributed by atoms with Crippen LogP contribution < -0.4 is 0 Å². The minimum Gasteiger partial charge on any atom is -0.174 e. The van der Waals surface area contributed by atoms with E-state index in [0.29, 0.717) is 0 Å². The average molecular weight is 230 g/mol. The second-order valence-electron chi connectivity index (χ2n) is 2.75. The van der Waals surface area contributed by atoms with Crippen LogP contribution in [0, 0.1) is 0 Å². The summed E-state index contributed by atoms with van der Waals surface area (Å²) in [5.41, 5.74) is 0. The Morgan fingerprint density at radius 1 is 0.867 bits per heavy atom. The minimum absolute atomic E-state index is 1.04. The van der Waals surface area contributed by atoms with Gasteiger partial charge in [-0.2, -0.15) is 13.2 Å². The Labute approximate surface area is 91.1 Å². The van der Waals surface area contributed by atoms with Gasteiger partial charge in [0.2, 0.25) is 0 Å². The maximum atomic E-state index is 9.67. The Kier molecular flexibility index (Phi) is 4.49. The zero-order valence-electron chi connectivity index (χ0n) is 7.70. The molecule has 0 unspecified atom stereocenters. The molecule has 0 fully saturated rings. The van der Waals surface area contributed by atoms with Gasteiger partial charge in [0.15, 0.2) is 0 Å². The molecule has 2 aromatic carbocycles. The largest absolute Gasteiger partial charge is 0.379 e. The van der Waals surface area contributed by atoms with Gasteiger partial charge in [-0.25, -0.2) is 0 Å². The average Bonchev–Trinajstić information content (AvgIpc) is 2.18. The van der Waals surface area contributed by atoms with Gasteiger partial charge in [0.1, 0.15) is 0 Å². The summed E-state index contributed by atoms with van der Waals surface area (Å²) in [7, 11) is 0. The van der Waals surface area contributed by atoms with Gasteiger partial charge in [-0.1, -0.05) is 36.4 Å². The molecule has 0 aromatic heterocycles. The monoisotopic (exact) mass is 230 g/mol. The summed E-state index contributed by atoms with van der Waals surface area (Å²) in [6.07, 6.45) is 0. The van der Waals surface area contributed by atoms with Crippen LogP contribution in [0.1, 0.15) is 0 Å². The maximum Gasteiger partial charge on any atom is 0.379 e. The zero-order chi connectivity index (χ0) is 11.3. The third-order valence-electron chi connectivity index (χ3n) is 1.77. The lowest BCUT2D eigenvalue weighted by Crippen LogP contribution is -1.71. The second kappa shape index (κ2) is 5.66. The summed E-state index contributed by atoms with van der Waals surface area (Å²) >= 11 is 4.35. The smallest absolute Gasteiger partial charge is 0.174 e. The Morgan fingerprint density at radius 3 is 2.00 bits per heavy atom. The van der Waals surface area contributed by atoms with Crippen LogP contribution in [-0.2, 0) is 0 Å². The van der Waals surface area contributed by atoms with E-state index in [1.54, 1.807) is 0 Å². The predicted molar refractivity (Wildman–Crippen MR) is 58.3 cm³/mol. The number of hydrogen-bond donors (Lipinski definition) is 1. The first kappa shape index (κ1) is 11.9. The molecule has 0 N–H and O–H groups in total. The fourth-order valence-corrected chi connectivity index (χ4v) is 1.50. The summed E-state index contributed by atoms with van der Waals surface area (Å²) in [5, 5.41) is 2.47. The van der Waals surface area contributed by atoms with Crippen molar-refractivity contribution in [3.8, 4) is 0 Å². The second-order valence-corrected chi connectivity index (χ2v) is 3.23. The van der Waals surface area contributed by atoms with Crippen molar-refractivity contribution in [1.29, 1.82) is 0 Å². The van der Waals surface area contributed by atoms with Crippen molar-refractivity contribution >= 4 is 23.4 Å². The van der Waals surface area contributed by atoms with Crippen molar-refractivity contribution < 1.29 is 13.2 Å². The summed E-state index contributed by atoms with van der Waals surface area (Å²) < 4.78 is 29.0. The molecule has 0 heterocycles. The summed E-state index contributed by atoms with van der Waals surface area (Å²) in [4.78, 5) is 1.04. The van der Waals surface area contributed by atoms with Gasteiger partial charge in [-0.3, -0.25) is 0 Å². The molecule has 0 amide bonds. The van der Waals surface area contributed by atoms with Crippen LogP contribution in [0.5, 0.6) is 0 Å². The lowest BCUT2D eigenvalue weighted by atomic mass is 10.1. The van der Waals surface area contributed by atoms with Crippen LogP contribution in [0.25, 0.3) is 10.8 Å². The molecule has 0 aliphatic heterocycles. The lowest BCUT2D eigenvalue weighted by Gasteiger charge is -1.98. The van der Waals surface area contributed by atoms with Crippen molar-refractivity contribution in [2.45, 2.75) is 11.6 Å². The van der Waals surface area contributed by atoms with Gasteiger partial charge in [-0.15, -0.1) is 12.6 Å². The first-order valence-corrected chi connectivity index (χ1v) is 4.65. The van der Waals surface area contributed by atoms with E-state index in [1.807, 2.05) is 24.3 Å². The van der Waals surface area contributed by atoms with E-state index < -0.39 is 6.68 Å². The number of hydrogen-bond acceptors (Lipinski definition) is 1. The highest BCUT2D eigenvalue weighted by Gasteiger charge is 1.92. The molecule has 2 rings (SSSR count). The SMILES string of the molecule is FC(F)F.Sc1cccc2ccccc12. The van der Waals surface area contributed by atoms with E-state index in [-0.39, 0.29) is 0 Å². The summed E-state index contributed by atoms with van der Waals surface area (Å²) in [6, 6.07) is 14.4. The van der Waals surface area contributed by atoms with Crippen LogP contribution in [0.15, 0.2) is 47.4 Å². The summed E-state index contributed by atoms with van der Waals surface area (Å²) in [5.74, 6) is 0. The Hall–Kier alpha value is -1.16. The third kappa shape index (κ3) is 3.83. The van der Waals surface area contributed by atoms with Crippen LogP contribution in [0.3, 0.4) is 0 Å². The third-order valence-corrected chi connectivity index (χ3v) is 2.16. The van der Waals surface area contributed by atoms with Crippen LogP contribution >= 0.6 is 12.6 Å². The number of fused-ring (bicyclic) bond motifs is 1. The van der Waals surface area contributed by atoms with E-state index in [0.717, 1.165) is 4.90 Å². The zero-order valence-corrected chi connectivity index (χ0v) is 8.59. The van der Waals surface area contributed by atoms with Gasteiger partial charge in [0.25, 0.3) is 0 Å². The fourth-order valence-electron chi connectivity index (χ4n) is 1.21. The molecule has 0 saturated carbocycles. The van der Waals surface area contributed by atoms with Gasteiger partial charge in [-0.05, 0) is 16.8 Å². The van der Waals surface area contributed by atoms with E-state index in [1.165, 1.54) is 10.8 Å². The highest BCUT2D eigenvalue weighted by atomic mass is 32.1. The molecule has 0 saturated heterocycles. The molecule has 80 valence electrons. The number of alkyl halides is 3. The molecule has 0 radical (unpaired) electrons. The highest BCUT2D eigenvalue weighted by Crippen LogP contribution is 2.20. The van der Waals surface area contributed by atoms with Crippen molar-refractivity contribution in [2.24, 2.45) is 0 Å². The normalized spacial score (nSPS) is 9.93. The van der Waals surface area contributed by atoms with Gasteiger partial charge in [0, 0.05) is 4.90 Å².